The SMILES string of the molecule is Cc1nc(C)c(CNC2CCCN(C(=O)OC(C)(C)C)C2C)s1. The van der Waals surface area contributed by atoms with E-state index in [1.165, 1.54) is 4.88 Å². The third-order valence-corrected chi connectivity index (χ3v) is 5.21. The van der Waals surface area contributed by atoms with Crippen molar-refractivity contribution in [2.45, 2.75) is 78.6 Å². The summed E-state index contributed by atoms with van der Waals surface area (Å²) in [5.74, 6) is 0. The fraction of sp³-hybridized carbons (Fsp3) is 0.765. The summed E-state index contributed by atoms with van der Waals surface area (Å²) in [5.41, 5.74) is 0.654. The number of nitrogens with zero attached hydrogens (tertiary/aromatic N) is 2. The van der Waals surface area contributed by atoms with Crippen molar-refractivity contribution in [2.24, 2.45) is 0 Å². The van der Waals surface area contributed by atoms with Crippen LogP contribution in [-0.2, 0) is 11.3 Å². The van der Waals surface area contributed by atoms with Gasteiger partial charge in [0.15, 0.2) is 0 Å². The van der Waals surface area contributed by atoms with Gasteiger partial charge in [0, 0.05) is 30.1 Å². The van der Waals surface area contributed by atoms with Gasteiger partial charge >= 0.3 is 6.09 Å². The molecule has 0 spiro atoms. The maximum atomic E-state index is 12.4. The third-order valence-electron chi connectivity index (χ3n) is 4.14. The van der Waals surface area contributed by atoms with Gasteiger partial charge in [0.25, 0.3) is 0 Å². The molecule has 2 unspecified atom stereocenters. The molecule has 130 valence electrons. The number of hydrogen-bond acceptors (Lipinski definition) is 5. The van der Waals surface area contributed by atoms with E-state index in [0.717, 1.165) is 36.6 Å². The zero-order valence-electron chi connectivity index (χ0n) is 15.1. The average molecular weight is 340 g/mol. The molecule has 0 aromatic carbocycles. The molecule has 0 bridgehead atoms. The number of nitrogens with one attached hydrogen (secondary N) is 1. The highest BCUT2D eigenvalue weighted by molar-refractivity contribution is 7.11. The normalized spacial score (nSPS) is 22.3. The minimum absolute atomic E-state index is 0.132. The number of ether oxygens (including phenoxy) is 1. The Morgan fingerprint density at radius 1 is 1.43 bits per heavy atom. The second kappa shape index (κ2) is 7.18. The van der Waals surface area contributed by atoms with Crippen LogP contribution in [0.2, 0.25) is 0 Å². The predicted octanol–water partition coefficient (Wildman–Crippen LogP) is 3.64. The molecule has 0 saturated carbocycles. The lowest BCUT2D eigenvalue weighted by molar-refractivity contribution is 0.00699. The molecule has 1 fully saturated rings. The van der Waals surface area contributed by atoms with Crippen LogP contribution in [0.5, 0.6) is 0 Å². The summed E-state index contributed by atoms with van der Waals surface area (Å²) in [5, 5.41) is 4.71. The second-order valence-electron chi connectivity index (χ2n) is 7.29. The van der Waals surface area contributed by atoms with Gasteiger partial charge in [-0.15, -0.1) is 11.3 Å². The quantitative estimate of drug-likeness (QED) is 0.913. The zero-order valence-corrected chi connectivity index (χ0v) is 15.9. The maximum absolute atomic E-state index is 12.4. The van der Waals surface area contributed by atoms with Gasteiger partial charge in [0.1, 0.15) is 5.60 Å². The van der Waals surface area contributed by atoms with Crippen LogP contribution < -0.4 is 5.32 Å². The van der Waals surface area contributed by atoms with Gasteiger partial charge in [-0.25, -0.2) is 9.78 Å². The molecule has 0 radical (unpaired) electrons. The number of aryl methyl sites for hydroxylation is 2. The van der Waals surface area contributed by atoms with E-state index in [1.807, 2.05) is 32.6 Å². The Labute approximate surface area is 143 Å². The van der Waals surface area contributed by atoms with Crippen LogP contribution in [0.1, 0.15) is 56.1 Å². The number of rotatable bonds is 3. The molecule has 1 amide bonds. The third kappa shape index (κ3) is 4.91. The molecule has 1 aliphatic rings. The molecule has 6 heteroatoms. The molecule has 0 aliphatic carbocycles. The average Bonchev–Trinajstić information content (AvgIpc) is 2.73. The lowest BCUT2D eigenvalue weighted by Gasteiger charge is -2.40. The highest BCUT2D eigenvalue weighted by Gasteiger charge is 2.33. The Kier molecular flexibility index (Phi) is 5.68. The molecule has 1 N–H and O–H groups in total. The highest BCUT2D eigenvalue weighted by atomic mass is 32.1. The molecule has 23 heavy (non-hydrogen) atoms. The molecular formula is C17H29N3O2S. The maximum Gasteiger partial charge on any atom is 0.410 e. The Morgan fingerprint density at radius 2 is 2.13 bits per heavy atom. The molecule has 2 heterocycles. The van der Waals surface area contributed by atoms with E-state index in [1.54, 1.807) is 11.3 Å². The summed E-state index contributed by atoms with van der Waals surface area (Å²) in [6.07, 6.45) is 1.88. The molecular weight excluding hydrogens is 310 g/mol. The summed E-state index contributed by atoms with van der Waals surface area (Å²) >= 11 is 1.74. The van der Waals surface area contributed by atoms with E-state index >= 15 is 0 Å². The van der Waals surface area contributed by atoms with Crippen molar-refractivity contribution in [3.63, 3.8) is 0 Å². The highest BCUT2D eigenvalue weighted by Crippen LogP contribution is 2.22. The number of carbonyl (C=O) groups excluding carboxylic acids is 1. The zero-order chi connectivity index (χ0) is 17.2. The molecule has 1 saturated heterocycles. The first-order valence-corrected chi connectivity index (χ1v) is 9.15. The molecule has 2 atom stereocenters. The van der Waals surface area contributed by atoms with E-state index in [0.29, 0.717) is 0 Å². The van der Waals surface area contributed by atoms with E-state index in [9.17, 15) is 4.79 Å². The molecule has 2 rings (SSSR count). The van der Waals surface area contributed by atoms with Crippen molar-refractivity contribution >= 4 is 17.4 Å². The topological polar surface area (TPSA) is 54.5 Å². The summed E-state index contributed by atoms with van der Waals surface area (Å²) in [6.45, 7) is 13.5. The van der Waals surface area contributed by atoms with Crippen LogP contribution in [0.3, 0.4) is 0 Å². The first kappa shape index (κ1) is 18.2. The van der Waals surface area contributed by atoms with Crippen LogP contribution in [0, 0.1) is 13.8 Å². The first-order chi connectivity index (χ1) is 10.7. The number of likely N-dealkylation sites (tertiary alicyclic amines) is 1. The van der Waals surface area contributed by atoms with Crippen molar-refractivity contribution in [1.29, 1.82) is 0 Å². The molecule has 1 aliphatic heterocycles. The van der Waals surface area contributed by atoms with Gasteiger partial charge in [-0.05, 0) is 54.4 Å². The molecule has 1 aromatic rings. The van der Waals surface area contributed by atoms with Crippen LogP contribution in [0.25, 0.3) is 0 Å². The number of carbonyl (C=O) groups is 1. The Hall–Kier alpha value is -1.14. The van der Waals surface area contributed by atoms with Crippen molar-refractivity contribution in [1.82, 2.24) is 15.2 Å². The minimum Gasteiger partial charge on any atom is -0.444 e. The number of amides is 1. The Bertz CT molecular complexity index is 551. The summed E-state index contributed by atoms with van der Waals surface area (Å²) < 4.78 is 5.53. The van der Waals surface area contributed by atoms with Crippen molar-refractivity contribution in [2.75, 3.05) is 6.54 Å². The van der Waals surface area contributed by atoms with Gasteiger partial charge in [-0.2, -0.15) is 0 Å². The number of aromatic nitrogens is 1. The van der Waals surface area contributed by atoms with Crippen molar-refractivity contribution < 1.29 is 9.53 Å². The van der Waals surface area contributed by atoms with Crippen molar-refractivity contribution in [3.05, 3.63) is 15.6 Å². The van der Waals surface area contributed by atoms with Crippen LogP contribution in [0.4, 0.5) is 4.79 Å². The summed E-state index contributed by atoms with van der Waals surface area (Å²) in [4.78, 5) is 20.0. The number of thiazole rings is 1. The standard InChI is InChI=1S/C17H29N3O2S/c1-11-15(23-13(3)19-11)10-18-14-8-7-9-20(12(14)2)16(21)22-17(4,5)6/h12,14,18H,7-10H2,1-6H3. The Morgan fingerprint density at radius 3 is 2.70 bits per heavy atom. The predicted molar refractivity (Wildman–Crippen MR) is 93.9 cm³/mol. The lowest BCUT2D eigenvalue weighted by Crippen LogP contribution is -2.55. The Balaban J connectivity index is 1.95. The first-order valence-electron chi connectivity index (χ1n) is 8.33. The van der Waals surface area contributed by atoms with E-state index < -0.39 is 5.60 Å². The number of piperidine rings is 1. The fourth-order valence-electron chi connectivity index (χ4n) is 2.96. The lowest BCUT2D eigenvalue weighted by atomic mass is 9.98. The summed E-state index contributed by atoms with van der Waals surface area (Å²) in [7, 11) is 0. The smallest absolute Gasteiger partial charge is 0.410 e. The van der Waals surface area contributed by atoms with Gasteiger partial charge < -0.3 is 15.0 Å². The second-order valence-corrected chi connectivity index (χ2v) is 8.57. The van der Waals surface area contributed by atoms with Crippen LogP contribution >= 0.6 is 11.3 Å². The largest absolute Gasteiger partial charge is 0.444 e. The van der Waals surface area contributed by atoms with E-state index in [4.69, 9.17) is 4.74 Å². The molecule has 1 aromatic heterocycles. The van der Waals surface area contributed by atoms with Crippen LogP contribution in [0.15, 0.2) is 0 Å². The number of hydrogen-bond donors (Lipinski definition) is 1. The van der Waals surface area contributed by atoms with Crippen LogP contribution in [-0.4, -0.2) is 40.2 Å². The van der Waals surface area contributed by atoms with Gasteiger partial charge in [-0.1, -0.05) is 0 Å². The molecule has 5 nitrogen and oxygen atoms in total. The van der Waals surface area contributed by atoms with Crippen molar-refractivity contribution in [3.8, 4) is 0 Å². The monoisotopic (exact) mass is 339 g/mol. The summed E-state index contributed by atoms with van der Waals surface area (Å²) in [6, 6.07) is 0.422. The van der Waals surface area contributed by atoms with Gasteiger partial charge in [0.05, 0.1) is 10.7 Å². The van der Waals surface area contributed by atoms with E-state index in [2.05, 4.69) is 24.1 Å². The minimum atomic E-state index is -0.450. The fourth-order valence-corrected chi connectivity index (χ4v) is 3.84. The van der Waals surface area contributed by atoms with E-state index in [-0.39, 0.29) is 18.2 Å². The van der Waals surface area contributed by atoms with Gasteiger partial charge in [-0.3, -0.25) is 0 Å². The van der Waals surface area contributed by atoms with Gasteiger partial charge in [0.2, 0.25) is 0 Å².